The van der Waals surface area contributed by atoms with Gasteiger partial charge in [0.2, 0.25) is 0 Å². The molecule has 0 spiro atoms. The quantitative estimate of drug-likeness (QED) is 0.635. The first-order chi connectivity index (χ1) is 11.8. The average molecular weight is 398 g/mol. The van der Waals surface area contributed by atoms with Crippen LogP contribution in [-0.2, 0) is 16.6 Å². The summed E-state index contributed by atoms with van der Waals surface area (Å²) in [6.45, 7) is 4.70. The van der Waals surface area contributed by atoms with Gasteiger partial charge in [-0.05, 0) is 36.6 Å². The third-order valence-corrected chi connectivity index (χ3v) is 6.39. The van der Waals surface area contributed by atoms with Crippen LogP contribution in [0.1, 0.15) is 16.7 Å². The summed E-state index contributed by atoms with van der Waals surface area (Å²) in [5, 5.41) is 14.4. The summed E-state index contributed by atoms with van der Waals surface area (Å²) in [4.78, 5) is 10.6. The minimum atomic E-state index is -3.92. The van der Waals surface area contributed by atoms with Gasteiger partial charge < -0.3 is 5.32 Å². The Bertz CT molecular complexity index is 947. The molecule has 1 heterocycles. The van der Waals surface area contributed by atoms with Crippen LogP contribution in [0.25, 0.3) is 0 Å². The second-order valence-corrected chi connectivity index (χ2v) is 7.86. The molecule has 2 aromatic rings. The van der Waals surface area contributed by atoms with E-state index in [0.29, 0.717) is 29.9 Å². The largest absolute Gasteiger partial charge is 0.311 e. The molecule has 0 atom stereocenters. The number of anilines is 1. The molecule has 0 unspecified atom stereocenters. The van der Waals surface area contributed by atoms with Crippen LogP contribution in [-0.4, -0.2) is 26.4 Å². The number of non-ortho nitro benzene ring substituents is 1. The Kier molecular flexibility index (Phi) is 5.90. The highest BCUT2D eigenvalue weighted by Gasteiger charge is 2.31. The van der Waals surface area contributed by atoms with Crippen molar-refractivity contribution >= 4 is 33.8 Å². The molecule has 140 valence electrons. The summed E-state index contributed by atoms with van der Waals surface area (Å²) >= 11 is 0. The number of nitro benzene ring substituents is 1. The molecule has 0 saturated heterocycles. The number of hydrogen-bond donors (Lipinski definition) is 1. The summed E-state index contributed by atoms with van der Waals surface area (Å²) in [5.41, 5.74) is 2.37. The topological polar surface area (TPSA) is 92.5 Å². The first-order valence-electron chi connectivity index (χ1n) is 7.89. The zero-order chi connectivity index (χ0) is 18.2. The lowest BCUT2D eigenvalue weighted by Crippen LogP contribution is -2.35. The highest BCUT2D eigenvalue weighted by molar-refractivity contribution is 7.92. The molecule has 26 heavy (non-hydrogen) atoms. The summed E-state index contributed by atoms with van der Waals surface area (Å²) in [5.74, 6) is 0. The van der Waals surface area contributed by atoms with Crippen LogP contribution in [0, 0.1) is 24.0 Å². The maximum Gasteiger partial charge on any atom is 0.271 e. The molecule has 0 amide bonds. The average Bonchev–Trinajstić information content (AvgIpc) is 2.79. The molecule has 2 aromatic carbocycles. The molecule has 7 nitrogen and oxygen atoms in total. The predicted molar refractivity (Wildman–Crippen MR) is 102 cm³/mol. The number of nitro groups is 1. The molecule has 9 heteroatoms. The third-order valence-electron chi connectivity index (χ3n) is 4.45. The molecule has 1 N–H and O–H groups in total. The summed E-state index contributed by atoms with van der Waals surface area (Å²) < 4.78 is 28.0. The molecule has 0 aliphatic carbocycles. The van der Waals surface area contributed by atoms with Crippen LogP contribution >= 0.6 is 12.4 Å². The molecule has 0 saturated carbocycles. The first-order valence-corrected chi connectivity index (χ1v) is 9.33. The van der Waals surface area contributed by atoms with Crippen LogP contribution in [0.5, 0.6) is 0 Å². The van der Waals surface area contributed by atoms with Crippen molar-refractivity contribution in [2.75, 3.05) is 17.4 Å². The summed E-state index contributed by atoms with van der Waals surface area (Å²) in [7, 11) is -3.92. The van der Waals surface area contributed by atoms with Crippen molar-refractivity contribution in [3.8, 4) is 0 Å². The van der Waals surface area contributed by atoms with E-state index >= 15 is 0 Å². The van der Waals surface area contributed by atoms with Gasteiger partial charge in [0.1, 0.15) is 0 Å². The maximum atomic E-state index is 13.3. The first kappa shape index (κ1) is 20.2. The molecular weight excluding hydrogens is 378 g/mol. The molecule has 1 aliphatic heterocycles. The second kappa shape index (κ2) is 7.61. The van der Waals surface area contributed by atoms with Gasteiger partial charge in [-0.1, -0.05) is 18.2 Å². The Balaban J connectivity index is 0.00000243. The van der Waals surface area contributed by atoms with Crippen LogP contribution < -0.4 is 9.62 Å². The lowest BCUT2D eigenvalue weighted by atomic mass is 10.1. The van der Waals surface area contributed by atoms with E-state index in [4.69, 9.17) is 0 Å². The van der Waals surface area contributed by atoms with Crippen LogP contribution in [0.4, 0.5) is 11.4 Å². The Labute approximate surface area is 158 Å². The molecule has 1 aliphatic rings. The van der Waals surface area contributed by atoms with E-state index in [1.165, 1.54) is 10.4 Å². The zero-order valence-corrected chi connectivity index (χ0v) is 16.1. The fourth-order valence-corrected chi connectivity index (χ4v) is 4.80. The van der Waals surface area contributed by atoms with Gasteiger partial charge in [0.05, 0.1) is 15.5 Å². The fourth-order valence-electron chi connectivity index (χ4n) is 2.98. The number of rotatable bonds is 3. The fraction of sp³-hybridized carbons (Fsp3) is 0.294. The standard InChI is InChI=1S/C17H19N3O4S.ClH/c1-12-9-15(20(21)22)10-17(13(12)2)25(23,24)19-8-7-18-11-14-5-3-4-6-16(14)19;/h3-6,9-10,18H,7-8,11H2,1-2H3;1H. The minimum Gasteiger partial charge on any atom is -0.311 e. The monoisotopic (exact) mass is 397 g/mol. The summed E-state index contributed by atoms with van der Waals surface area (Å²) in [6.07, 6.45) is 0. The van der Waals surface area contributed by atoms with Crippen molar-refractivity contribution in [2.24, 2.45) is 0 Å². The number of fused-ring (bicyclic) bond motifs is 1. The Hall–Kier alpha value is -2.16. The van der Waals surface area contributed by atoms with Crippen molar-refractivity contribution in [2.45, 2.75) is 25.3 Å². The molecule has 0 radical (unpaired) electrons. The zero-order valence-electron chi connectivity index (χ0n) is 14.4. The highest BCUT2D eigenvalue weighted by atomic mass is 35.5. The Morgan fingerprint density at radius 3 is 2.58 bits per heavy atom. The molecule has 0 fully saturated rings. The normalized spacial score (nSPS) is 14.2. The van der Waals surface area contributed by atoms with Gasteiger partial charge >= 0.3 is 0 Å². The van der Waals surface area contributed by atoms with Crippen LogP contribution in [0.3, 0.4) is 0 Å². The van der Waals surface area contributed by atoms with Crippen LogP contribution in [0.2, 0.25) is 0 Å². The number of aryl methyl sites for hydroxylation is 1. The van der Waals surface area contributed by atoms with E-state index in [1.54, 1.807) is 26.0 Å². The van der Waals surface area contributed by atoms with Crippen molar-refractivity contribution in [3.05, 3.63) is 63.2 Å². The Morgan fingerprint density at radius 1 is 1.19 bits per heavy atom. The lowest BCUT2D eigenvalue weighted by Gasteiger charge is -2.25. The highest BCUT2D eigenvalue weighted by Crippen LogP contribution is 2.32. The van der Waals surface area contributed by atoms with Gasteiger partial charge in [-0.15, -0.1) is 12.4 Å². The van der Waals surface area contributed by atoms with Crippen molar-refractivity contribution in [3.63, 3.8) is 0 Å². The predicted octanol–water partition coefficient (Wildman–Crippen LogP) is 2.93. The third kappa shape index (κ3) is 3.53. The summed E-state index contributed by atoms with van der Waals surface area (Å²) in [6, 6.07) is 9.84. The SMILES string of the molecule is Cc1cc([N+](=O)[O-])cc(S(=O)(=O)N2CCNCc3ccccc32)c1C.Cl. The van der Waals surface area contributed by atoms with Crippen LogP contribution in [0.15, 0.2) is 41.3 Å². The molecular formula is C17H20ClN3O4S. The van der Waals surface area contributed by atoms with Gasteiger partial charge in [-0.2, -0.15) is 0 Å². The van der Waals surface area contributed by atoms with Gasteiger partial charge in [-0.3, -0.25) is 14.4 Å². The van der Waals surface area contributed by atoms with E-state index in [9.17, 15) is 18.5 Å². The van der Waals surface area contributed by atoms with Gasteiger partial charge in [0.25, 0.3) is 15.7 Å². The molecule has 0 aromatic heterocycles. The van der Waals surface area contributed by atoms with Crippen molar-refractivity contribution < 1.29 is 13.3 Å². The number of sulfonamides is 1. The van der Waals surface area contributed by atoms with E-state index in [2.05, 4.69) is 5.32 Å². The van der Waals surface area contributed by atoms with Gasteiger partial charge in [0.15, 0.2) is 0 Å². The number of hydrogen-bond acceptors (Lipinski definition) is 5. The number of para-hydroxylation sites is 1. The van der Waals surface area contributed by atoms with E-state index in [0.717, 1.165) is 11.6 Å². The second-order valence-electron chi connectivity index (χ2n) is 6.03. The smallest absolute Gasteiger partial charge is 0.271 e. The Morgan fingerprint density at radius 2 is 1.88 bits per heavy atom. The van der Waals surface area contributed by atoms with Gasteiger partial charge in [0, 0.05) is 31.8 Å². The number of benzene rings is 2. The van der Waals surface area contributed by atoms with E-state index in [1.807, 2.05) is 12.1 Å². The number of nitrogens with zero attached hydrogens (tertiary/aromatic N) is 2. The maximum absolute atomic E-state index is 13.3. The van der Waals surface area contributed by atoms with E-state index < -0.39 is 14.9 Å². The lowest BCUT2D eigenvalue weighted by molar-refractivity contribution is -0.385. The molecule has 3 rings (SSSR count). The number of halogens is 1. The van der Waals surface area contributed by atoms with Crippen molar-refractivity contribution in [1.82, 2.24) is 5.32 Å². The molecule has 0 bridgehead atoms. The van der Waals surface area contributed by atoms with Crippen molar-refractivity contribution in [1.29, 1.82) is 0 Å². The van der Waals surface area contributed by atoms with E-state index in [-0.39, 0.29) is 29.5 Å². The number of nitrogens with one attached hydrogen (secondary N) is 1. The van der Waals surface area contributed by atoms with Gasteiger partial charge in [-0.25, -0.2) is 8.42 Å². The minimum absolute atomic E-state index is 0.